The van der Waals surface area contributed by atoms with E-state index in [9.17, 15) is 5.11 Å². The number of aliphatic hydroxyl groups is 1. The number of benzene rings is 1. The maximum Gasteiger partial charge on any atom is 0.0949 e. The summed E-state index contributed by atoms with van der Waals surface area (Å²) in [6.45, 7) is 4.90. The number of hydrogen-bond donors (Lipinski definition) is 1. The maximum atomic E-state index is 11.2. The van der Waals surface area contributed by atoms with Gasteiger partial charge in [-0.2, -0.15) is 0 Å². The third kappa shape index (κ3) is 2.32. The highest BCUT2D eigenvalue weighted by molar-refractivity contribution is 5.85. The smallest absolute Gasteiger partial charge is 0.0949 e. The second kappa shape index (κ2) is 5.15. The van der Waals surface area contributed by atoms with E-state index in [1.54, 1.807) is 6.20 Å². The number of aromatic nitrogens is 1. The van der Waals surface area contributed by atoms with Gasteiger partial charge in [-0.15, -0.1) is 0 Å². The van der Waals surface area contributed by atoms with Crippen LogP contribution in [0.5, 0.6) is 0 Å². The fourth-order valence-electron chi connectivity index (χ4n) is 3.07. The predicted molar refractivity (Wildman–Crippen MR) is 79.5 cm³/mol. The third-order valence-electron chi connectivity index (χ3n) is 4.31. The molecule has 0 saturated carbocycles. The number of hydrogen-bond acceptors (Lipinski definition) is 3. The molecule has 3 rings (SSSR count). The summed E-state index contributed by atoms with van der Waals surface area (Å²) in [5.74, 6) is 0.415. The Morgan fingerprint density at radius 2 is 2.20 bits per heavy atom. The molecule has 2 aromatic rings. The minimum absolute atomic E-state index is 0.117. The zero-order valence-electron chi connectivity index (χ0n) is 12.0. The molecule has 0 aliphatic carbocycles. The fourth-order valence-corrected chi connectivity index (χ4v) is 3.07. The van der Waals surface area contributed by atoms with Crippen molar-refractivity contribution in [1.29, 1.82) is 0 Å². The van der Waals surface area contributed by atoms with Crippen molar-refractivity contribution in [3.8, 4) is 0 Å². The minimum atomic E-state index is -0.798. The quantitative estimate of drug-likeness (QED) is 0.911. The van der Waals surface area contributed by atoms with Crippen molar-refractivity contribution in [2.24, 2.45) is 5.92 Å². The van der Waals surface area contributed by atoms with Gasteiger partial charge in [0.2, 0.25) is 0 Å². The Bertz CT molecular complexity index is 605. The summed E-state index contributed by atoms with van der Waals surface area (Å²) in [5, 5.41) is 13.3. The van der Waals surface area contributed by atoms with E-state index in [1.807, 2.05) is 30.5 Å². The number of fused-ring (bicyclic) bond motifs is 1. The van der Waals surface area contributed by atoms with Crippen LogP contribution in [-0.4, -0.2) is 22.8 Å². The van der Waals surface area contributed by atoms with E-state index >= 15 is 0 Å². The van der Waals surface area contributed by atoms with Crippen LogP contribution in [0, 0.1) is 5.92 Å². The Morgan fingerprint density at radius 3 is 3.00 bits per heavy atom. The van der Waals surface area contributed by atoms with Gasteiger partial charge in [0.1, 0.15) is 0 Å². The van der Waals surface area contributed by atoms with E-state index in [0.717, 1.165) is 16.3 Å². The zero-order chi connectivity index (χ0) is 14.2. The van der Waals surface area contributed by atoms with Crippen LogP contribution in [0.1, 0.15) is 32.3 Å². The summed E-state index contributed by atoms with van der Waals surface area (Å²) in [6, 6.07) is 8.05. The second-order valence-corrected chi connectivity index (χ2v) is 6.04. The molecule has 1 aliphatic rings. The average Bonchev–Trinajstić information content (AvgIpc) is 2.46. The summed E-state index contributed by atoms with van der Waals surface area (Å²) in [5.41, 5.74) is 0.208. The van der Waals surface area contributed by atoms with Crippen molar-refractivity contribution in [2.45, 2.75) is 38.4 Å². The van der Waals surface area contributed by atoms with Gasteiger partial charge < -0.3 is 9.84 Å². The standard InChI is InChI=1S/C17H21NO2/c1-12(2)16-10-17(19,7-9-20-16)15-5-3-4-13-11-18-8-6-14(13)15/h3-6,8,11-12,16,19H,7,9-10H2,1-2H3. The van der Waals surface area contributed by atoms with E-state index < -0.39 is 5.60 Å². The number of rotatable bonds is 2. The van der Waals surface area contributed by atoms with Crippen molar-refractivity contribution in [2.75, 3.05) is 6.61 Å². The van der Waals surface area contributed by atoms with Gasteiger partial charge in [0.15, 0.2) is 0 Å². The molecule has 1 N–H and O–H groups in total. The first-order chi connectivity index (χ1) is 9.60. The Balaban J connectivity index is 2.05. The Labute approximate surface area is 119 Å². The summed E-state index contributed by atoms with van der Waals surface area (Å²) >= 11 is 0. The number of pyridine rings is 1. The van der Waals surface area contributed by atoms with Crippen molar-refractivity contribution >= 4 is 10.8 Å². The SMILES string of the molecule is CC(C)C1CC(O)(c2cccc3cnccc23)CCO1. The Morgan fingerprint density at radius 1 is 1.35 bits per heavy atom. The van der Waals surface area contributed by atoms with Crippen molar-refractivity contribution in [3.63, 3.8) is 0 Å². The summed E-state index contributed by atoms with van der Waals surface area (Å²) in [4.78, 5) is 4.16. The van der Waals surface area contributed by atoms with Gasteiger partial charge in [0, 0.05) is 30.6 Å². The van der Waals surface area contributed by atoms with Crippen molar-refractivity contribution in [1.82, 2.24) is 4.98 Å². The molecule has 3 heteroatoms. The third-order valence-corrected chi connectivity index (χ3v) is 4.31. The lowest BCUT2D eigenvalue weighted by Gasteiger charge is -2.39. The highest BCUT2D eigenvalue weighted by Gasteiger charge is 2.38. The van der Waals surface area contributed by atoms with Crippen LogP contribution in [0.25, 0.3) is 10.8 Å². The van der Waals surface area contributed by atoms with Crippen LogP contribution in [0.15, 0.2) is 36.7 Å². The molecule has 0 spiro atoms. The summed E-state index contributed by atoms with van der Waals surface area (Å²) in [6.07, 6.45) is 5.06. The van der Waals surface area contributed by atoms with Crippen LogP contribution in [0.3, 0.4) is 0 Å². The van der Waals surface area contributed by atoms with Gasteiger partial charge in [-0.05, 0) is 22.9 Å². The molecular weight excluding hydrogens is 250 g/mol. The normalized spacial score (nSPS) is 27.1. The highest BCUT2D eigenvalue weighted by atomic mass is 16.5. The molecule has 1 aromatic heterocycles. The van der Waals surface area contributed by atoms with Crippen LogP contribution in [0.2, 0.25) is 0 Å². The second-order valence-electron chi connectivity index (χ2n) is 6.04. The molecule has 2 heterocycles. The van der Waals surface area contributed by atoms with E-state index in [0.29, 0.717) is 25.4 Å². The van der Waals surface area contributed by atoms with Crippen LogP contribution >= 0.6 is 0 Å². The zero-order valence-corrected chi connectivity index (χ0v) is 12.0. The van der Waals surface area contributed by atoms with Crippen LogP contribution in [-0.2, 0) is 10.3 Å². The first-order valence-corrected chi connectivity index (χ1v) is 7.27. The predicted octanol–water partition coefficient (Wildman–Crippen LogP) is 3.26. The van der Waals surface area contributed by atoms with E-state index in [4.69, 9.17) is 4.74 Å². The first kappa shape index (κ1) is 13.5. The van der Waals surface area contributed by atoms with Gasteiger partial charge in [0.05, 0.1) is 18.3 Å². The molecule has 2 unspecified atom stereocenters. The fraction of sp³-hybridized carbons (Fsp3) is 0.471. The van der Waals surface area contributed by atoms with E-state index in [2.05, 4.69) is 18.8 Å². The Kier molecular flexibility index (Phi) is 3.48. The molecule has 0 amide bonds. The summed E-state index contributed by atoms with van der Waals surface area (Å²) in [7, 11) is 0. The highest BCUT2D eigenvalue weighted by Crippen LogP contribution is 2.39. The lowest BCUT2D eigenvalue weighted by Crippen LogP contribution is -2.40. The van der Waals surface area contributed by atoms with Crippen molar-refractivity contribution < 1.29 is 9.84 Å². The van der Waals surface area contributed by atoms with Gasteiger partial charge in [-0.25, -0.2) is 0 Å². The lowest BCUT2D eigenvalue weighted by molar-refractivity contribution is -0.120. The van der Waals surface area contributed by atoms with Crippen molar-refractivity contribution in [3.05, 3.63) is 42.2 Å². The molecule has 0 radical (unpaired) electrons. The lowest BCUT2D eigenvalue weighted by atomic mass is 9.79. The molecule has 2 atom stereocenters. The number of nitrogens with zero attached hydrogens (tertiary/aromatic N) is 1. The maximum absolute atomic E-state index is 11.2. The first-order valence-electron chi connectivity index (χ1n) is 7.27. The molecule has 1 aliphatic heterocycles. The topological polar surface area (TPSA) is 42.4 Å². The number of ether oxygens (including phenoxy) is 1. The van der Waals surface area contributed by atoms with Crippen LogP contribution in [0.4, 0.5) is 0 Å². The summed E-state index contributed by atoms with van der Waals surface area (Å²) < 4.78 is 5.80. The molecule has 3 nitrogen and oxygen atoms in total. The molecular formula is C17H21NO2. The van der Waals surface area contributed by atoms with Gasteiger partial charge in [0.25, 0.3) is 0 Å². The minimum Gasteiger partial charge on any atom is -0.385 e. The van der Waals surface area contributed by atoms with Gasteiger partial charge in [-0.1, -0.05) is 32.0 Å². The van der Waals surface area contributed by atoms with E-state index in [1.165, 1.54) is 0 Å². The largest absolute Gasteiger partial charge is 0.385 e. The molecule has 1 aromatic carbocycles. The van der Waals surface area contributed by atoms with E-state index in [-0.39, 0.29) is 6.10 Å². The van der Waals surface area contributed by atoms with Gasteiger partial charge >= 0.3 is 0 Å². The molecule has 1 saturated heterocycles. The molecule has 1 fully saturated rings. The van der Waals surface area contributed by atoms with Gasteiger partial charge in [-0.3, -0.25) is 4.98 Å². The molecule has 0 bridgehead atoms. The molecule has 20 heavy (non-hydrogen) atoms. The average molecular weight is 271 g/mol. The monoisotopic (exact) mass is 271 g/mol. The van der Waals surface area contributed by atoms with Crippen LogP contribution < -0.4 is 0 Å². The molecule has 106 valence electrons. The Hall–Kier alpha value is -1.45.